The molecular weight excluding hydrogens is 561 g/mol. The number of likely N-dealkylation sites (tertiary alicyclic amines) is 1. The second-order valence-corrected chi connectivity index (χ2v) is 11.1. The molecule has 1 aliphatic heterocycles. The number of rotatable bonds is 11. The number of alkyl halides is 1. The first-order chi connectivity index (χ1) is 20.0. The zero-order valence-corrected chi connectivity index (χ0v) is 24.0. The minimum absolute atomic E-state index is 0.0935. The largest absolute Gasteiger partial charge is 0.384 e. The standard InChI is InChI=1S/C30H32FN5O5S/c1-18(24-12-22(15-42-24)27(32)33)35-29(40)23-13-30(31,17-41-2)16-36(23)25(37)14-34-28(39)21-10-8-20(9-11-21)26(38)19-6-4-3-5-7-19/h3-12,15,18,23H,13-14,16-17H2,1-2H3,(H3,32,33)(H,34,39)(H,35,40)/t18?,23-,30+/m0/s1. The molecule has 12 heteroatoms. The first-order valence-corrected chi connectivity index (χ1v) is 14.1. The van der Waals surface area contributed by atoms with Gasteiger partial charge in [-0.2, -0.15) is 0 Å². The molecule has 0 spiro atoms. The fourth-order valence-corrected chi connectivity index (χ4v) is 5.70. The molecule has 3 amide bonds. The van der Waals surface area contributed by atoms with Crippen molar-refractivity contribution < 1.29 is 28.3 Å². The highest BCUT2D eigenvalue weighted by molar-refractivity contribution is 7.10. The summed E-state index contributed by atoms with van der Waals surface area (Å²) < 4.78 is 20.5. The van der Waals surface area contributed by atoms with Crippen molar-refractivity contribution in [3.8, 4) is 0 Å². The number of benzene rings is 2. The number of carbonyl (C=O) groups excluding carboxylic acids is 4. The Morgan fingerprint density at radius 3 is 2.36 bits per heavy atom. The van der Waals surface area contributed by atoms with Gasteiger partial charge in [0.15, 0.2) is 11.5 Å². The zero-order valence-electron chi connectivity index (χ0n) is 23.2. The molecule has 2 heterocycles. The van der Waals surface area contributed by atoms with Gasteiger partial charge in [0.25, 0.3) is 5.91 Å². The Balaban J connectivity index is 1.39. The number of hydrogen-bond donors (Lipinski definition) is 4. The number of ketones is 1. The molecule has 42 heavy (non-hydrogen) atoms. The molecule has 5 N–H and O–H groups in total. The van der Waals surface area contributed by atoms with E-state index in [9.17, 15) is 19.2 Å². The van der Waals surface area contributed by atoms with Crippen LogP contribution in [0.5, 0.6) is 0 Å². The van der Waals surface area contributed by atoms with Crippen LogP contribution in [0.4, 0.5) is 4.39 Å². The third-order valence-electron chi connectivity index (χ3n) is 6.98. The van der Waals surface area contributed by atoms with Gasteiger partial charge in [0.2, 0.25) is 11.8 Å². The molecule has 220 valence electrons. The minimum Gasteiger partial charge on any atom is -0.384 e. The smallest absolute Gasteiger partial charge is 0.251 e. The van der Waals surface area contributed by atoms with Crippen molar-refractivity contribution >= 4 is 40.7 Å². The number of methoxy groups -OCH3 is 1. The maximum absolute atomic E-state index is 15.5. The van der Waals surface area contributed by atoms with Crippen LogP contribution in [0.3, 0.4) is 0 Å². The lowest BCUT2D eigenvalue weighted by Gasteiger charge is -2.25. The van der Waals surface area contributed by atoms with Crippen LogP contribution in [0.2, 0.25) is 0 Å². The average Bonchev–Trinajstić information content (AvgIpc) is 3.62. The monoisotopic (exact) mass is 593 g/mol. The van der Waals surface area contributed by atoms with Gasteiger partial charge in [-0.05, 0) is 25.1 Å². The van der Waals surface area contributed by atoms with E-state index >= 15 is 4.39 Å². The number of thiophene rings is 1. The van der Waals surface area contributed by atoms with E-state index in [4.69, 9.17) is 15.9 Å². The lowest BCUT2D eigenvalue weighted by molar-refractivity contribution is -0.138. The second-order valence-electron chi connectivity index (χ2n) is 10.2. The van der Waals surface area contributed by atoms with Crippen LogP contribution in [-0.4, -0.2) is 72.8 Å². The molecule has 4 rings (SSSR count). The van der Waals surface area contributed by atoms with Gasteiger partial charge in [-0.3, -0.25) is 24.6 Å². The summed E-state index contributed by atoms with van der Waals surface area (Å²) in [5, 5.41) is 14.6. The number of nitrogens with zero attached hydrogens (tertiary/aromatic N) is 1. The molecule has 1 aromatic heterocycles. The van der Waals surface area contributed by atoms with E-state index in [0.29, 0.717) is 16.7 Å². The number of amidine groups is 1. The molecule has 0 bridgehead atoms. The van der Waals surface area contributed by atoms with Gasteiger partial charge in [-0.25, -0.2) is 4.39 Å². The molecule has 3 aromatic rings. The van der Waals surface area contributed by atoms with Crippen LogP contribution >= 0.6 is 11.3 Å². The fourth-order valence-electron chi connectivity index (χ4n) is 4.79. The molecule has 1 aliphatic rings. The maximum Gasteiger partial charge on any atom is 0.251 e. The summed E-state index contributed by atoms with van der Waals surface area (Å²) in [6.45, 7) is 0.611. The van der Waals surface area contributed by atoms with E-state index in [0.717, 1.165) is 9.78 Å². The van der Waals surface area contributed by atoms with Crippen molar-refractivity contribution in [1.29, 1.82) is 5.41 Å². The Hall–Kier alpha value is -4.42. The lowest BCUT2D eigenvalue weighted by atomic mass is 10.0. The summed E-state index contributed by atoms with van der Waals surface area (Å²) >= 11 is 1.32. The van der Waals surface area contributed by atoms with Gasteiger partial charge in [0.1, 0.15) is 11.9 Å². The van der Waals surface area contributed by atoms with Crippen LogP contribution < -0.4 is 16.4 Å². The first kappa shape index (κ1) is 30.5. The number of nitrogens with two attached hydrogens (primary N) is 1. The molecule has 0 aliphatic carbocycles. The second kappa shape index (κ2) is 13.0. The van der Waals surface area contributed by atoms with Crippen LogP contribution in [-0.2, 0) is 14.3 Å². The van der Waals surface area contributed by atoms with Crippen molar-refractivity contribution in [2.75, 3.05) is 26.8 Å². The predicted molar refractivity (Wildman–Crippen MR) is 156 cm³/mol. The number of amides is 3. The van der Waals surface area contributed by atoms with Crippen LogP contribution in [0.1, 0.15) is 56.1 Å². The van der Waals surface area contributed by atoms with E-state index < -0.39 is 42.0 Å². The molecule has 1 fully saturated rings. The van der Waals surface area contributed by atoms with Gasteiger partial charge >= 0.3 is 0 Å². The average molecular weight is 594 g/mol. The highest BCUT2D eigenvalue weighted by Crippen LogP contribution is 2.32. The molecule has 3 atom stereocenters. The Morgan fingerprint density at radius 1 is 1.10 bits per heavy atom. The van der Waals surface area contributed by atoms with Gasteiger partial charge in [-0.15, -0.1) is 11.3 Å². The Bertz CT molecular complexity index is 1480. The van der Waals surface area contributed by atoms with Crippen molar-refractivity contribution in [2.45, 2.75) is 31.1 Å². The molecule has 0 radical (unpaired) electrons. The van der Waals surface area contributed by atoms with E-state index in [1.54, 1.807) is 42.6 Å². The van der Waals surface area contributed by atoms with Crippen LogP contribution in [0.25, 0.3) is 0 Å². The lowest BCUT2D eigenvalue weighted by Crippen LogP contribution is -2.49. The van der Waals surface area contributed by atoms with E-state index in [1.165, 1.54) is 42.7 Å². The number of nitrogens with one attached hydrogen (secondary N) is 3. The van der Waals surface area contributed by atoms with E-state index in [1.807, 2.05) is 6.07 Å². The first-order valence-electron chi connectivity index (χ1n) is 13.2. The minimum atomic E-state index is -1.94. The Labute approximate surface area is 246 Å². The van der Waals surface area contributed by atoms with Gasteiger partial charge < -0.3 is 26.0 Å². The van der Waals surface area contributed by atoms with E-state index in [2.05, 4.69) is 10.6 Å². The molecule has 0 saturated carbocycles. The Kier molecular flexibility index (Phi) is 9.48. The number of nitrogen functional groups attached to an aromatic ring is 1. The summed E-state index contributed by atoms with van der Waals surface area (Å²) in [5.41, 5.74) is 5.28. The highest BCUT2D eigenvalue weighted by Gasteiger charge is 2.49. The molecule has 1 saturated heterocycles. The molecular formula is C30H32FN5O5S. The van der Waals surface area contributed by atoms with Crippen LogP contribution in [0, 0.1) is 5.41 Å². The predicted octanol–water partition coefficient (Wildman–Crippen LogP) is 2.83. The van der Waals surface area contributed by atoms with Crippen molar-refractivity contribution in [2.24, 2.45) is 5.73 Å². The summed E-state index contributed by atoms with van der Waals surface area (Å²) in [6.07, 6.45) is -0.265. The van der Waals surface area contributed by atoms with Crippen molar-refractivity contribution in [3.05, 3.63) is 93.2 Å². The quantitative estimate of drug-likeness (QED) is 0.152. The van der Waals surface area contributed by atoms with Crippen molar-refractivity contribution in [1.82, 2.24) is 15.5 Å². The summed E-state index contributed by atoms with van der Waals surface area (Å²) in [4.78, 5) is 53.6. The van der Waals surface area contributed by atoms with Crippen molar-refractivity contribution in [3.63, 3.8) is 0 Å². The number of carbonyl (C=O) groups is 4. The third-order valence-corrected chi connectivity index (χ3v) is 8.09. The summed E-state index contributed by atoms with van der Waals surface area (Å²) in [6, 6.07) is 14.9. The normalized spacial score (nSPS) is 18.7. The third kappa shape index (κ3) is 7.07. The topological polar surface area (TPSA) is 155 Å². The van der Waals surface area contributed by atoms with Gasteiger partial charge in [0, 0.05) is 46.0 Å². The maximum atomic E-state index is 15.5. The van der Waals surface area contributed by atoms with Gasteiger partial charge in [-0.1, -0.05) is 42.5 Å². The van der Waals surface area contributed by atoms with Crippen LogP contribution in [0.15, 0.2) is 66.0 Å². The Morgan fingerprint density at radius 2 is 1.74 bits per heavy atom. The summed E-state index contributed by atoms with van der Waals surface area (Å²) in [5.74, 6) is -2.01. The SMILES string of the molecule is COC[C@@]1(F)C[C@@H](C(=O)NC(C)c2cc(C(=N)N)cs2)N(C(=O)CNC(=O)c2ccc(C(=O)c3ccccc3)cc2)C1. The molecule has 1 unspecified atom stereocenters. The zero-order chi connectivity index (χ0) is 30.4. The number of halogens is 1. The number of hydrogen-bond acceptors (Lipinski definition) is 7. The van der Waals surface area contributed by atoms with E-state index in [-0.39, 0.29) is 36.8 Å². The molecule has 2 aromatic carbocycles. The van der Waals surface area contributed by atoms with Gasteiger partial charge in [0.05, 0.1) is 25.7 Å². The summed E-state index contributed by atoms with van der Waals surface area (Å²) in [7, 11) is 1.34. The number of ether oxygens (including phenoxy) is 1. The fraction of sp³-hybridized carbons (Fsp3) is 0.300. The molecule has 10 nitrogen and oxygen atoms in total. The highest BCUT2D eigenvalue weighted by atomic mass is 32.1.